The molecule has 4 rings (SSSR count). The summed E-state index contributed by atoms with van der Waals surface area (Å²) in [5.41, 5.74) is 7.87. The van der Waals surface area contributed by atoms with Crippen LogP contribution in [0, 0.1) is 0 Å². The molecule has 3 aromatic carbocycles. The van der Waals surface area contributed by atoms with Crippen LogP contribution >= 0.6 is 0 Å². The lowest BCUT2D eigenvalue weighted by atomic mass is 9.83. The van der Waals surface area contributed by atoms with Crippen molar-refractivity contribution in [2.24, 2.45) is 4.99 Å². The maximum absolute atomic E-state index is 13.1. The number of aliphatic imine (C=N–C) groups is 1. The van der Waals surface area contributed by atoms with Crippen LogP contribution in [-0.2, 0) is 10.3 Å². The number of hydrogen-bond acceptors (Lipinski definition) is 3. The van der Waals surface area contributed by atoms with E-state index < -0.39 is 5.54 Å². The van der Waals surface area contributed by atoms with Gasteiger partial charge in [0.2, 0.25) is 0 Å². The Morgan fingerprint density at radius 3 is 1.96 bits per heavy atom. The van der Waals surface area contributed by atoms with Crippen LogP contribution in [0.4, 0.5) is 5.69 Å². The Balaban J connectivity index is 1.94. The van der Waals surface area contributed by atoms with E-state index in [2.05, 4.69) is 5.32 Å². The molecule has 3 N–H and O–H groups in total. The molecule has 0 atom stereocenters. The zero-order chi connectivity index (χ0) is 17.3. The molecule has 1 aliphatic heterocycles. The maximum atomic E-state index is 13.1. The van der Waals surface area contributed by atoms with Gasteiger partial charge >= 0.3 is 0 Å². The van der Waals surface area contributed by atoms with Gasteiger partial charge in [0.25, 0.3) is 5.91 Å². The number of hydrogen-bond donors (Lipinski definition) is 2. The number of benzene rings is 3. The molecule has 0 aromatic heterocycles. The Bertz CT molecular complexity index is 910. The fourth-order valence-electron chi connectivity index (χ4n) is 3.18. The van der Waals surface area contributed by atoms with Crippen molar-refractivity contribution in [2.75, 3.05) is 5.73 Å². The zero-order valence-electron chi connectivity index (χ0n) is 13.5. The Morgan fingerprint density at radius 1 is 0.800 bits per heavy atom. The summed E-state index contributed by atoms with van der Waals surface area (Å²) in [6.07, 6.45) is 0. The van der Waals surface area contributed by atoms with Gasteiger partial charge in [0.05, 0.1) is 0 Å². The first-order chi connectivity index (χ1) is 12.2. The summed E-state index contributed by atoms with van der Waals surface area (Å²) in [6.45, 7) is 0. The molecule has 0 saturated heterocycles. The minimum Gasteiger partial charge on any atom is -0.399 e. The van der Waals surface area contributed by atoms with E-state index in [1.165, 1.54) is 0 Å². The van der Waals surface area contributed by atoms with Gasteiger partial charge in [-0.15, -0.1) is 0 Å². The average Bonchev–Trinajstić information content (AvgIpc) is 3.02. The molecule has 1 aliphatic rings. The second-order valence-corrected chi connectivity index (χ2v) is 5.98. The maximum Gasteiger partial charge on any atom is 0.262 e. The molecule has 1 amide bonds. The molecule has 0 radical (unpaired) electrons. The molecule has 0 unspecified atom stereocenters. The number of rotatable bonds is 3. The number of amides is 1. The first-order valence-corrected chi connectivity index (χ1v) is 8.08. The molecule has 0 saturated carbocycles. The summed E-state index contributed by atoms with van der Waals surface area (Å²) in [5.74, 6) is 0.368. The van der Waals surface area contributed by atoms with E-state index in [0.717, 1.165) is 16.7 Å². The highest BCUT2D eigenvalue weighted by Crippen LogP contribution is 2.37. The van der Waals surface area contributed by atoms with Crippen molar-refractivity contribution >= 4 is 17.4 Å². The summed E-state index contributed by atoms with van der Waals surface area (Å²) < 4.78 is 0. The van der Waals surface area contributed by atoms with Crippen LogP contribution in [0.5, 0.6) is 0 Å². The van der Waals surface area contributed by atoms with Gasteiger partial charge in [-0.05, 0) is 23.3 Å². The third-order valence-electron chi connectivity index (χ3n) is 4.38. The number of nitrogens with two attached hydrogens (primary N) is 1. The Kier molecular flexibility index (Phi) is 3.58. The first-order valence-electron chi connectivity index (χ1n) is 8.08. The fourth-order valence-corrected chi connectivity index (χ4v) is 3.18. The van der Waals surface area contributed by atoms with Gasteiger partial charge in [-0.2, -0.15) is 0 Å². The van der Waals surface area contributed by atoms with Gasteiger partial charge in [0.1, 0.15) is 5.84 Å². The normalized spacial score (nSPS) is 15.5. The van der Waals surface area contributed by atoms with Crippen LogP contribution in [0.1, 0.15) is 16.7 Å². The quantitative estimate of drug-likeness (QED) is 0.726. The summed E-state index contributed by atoms with van der Waals surface area (Å²) in [5, 5.41) is 2.94. The van der Waals surface area contributed by atoms with Gasteiger partial charge in [-0.1, -0.05) is 72.8 Å². The fraction of sp³-hybridized carbons (Fsp3) is 0.0476. The van der Waals surface area contributed by atoms with Crippen LogP contribution in [-0.4, -0.2) is 11.7 Å². The Hall–Kier alpha value is -3.40. The van der Waals surface area contributed by atoms with Crippen molar-refractivity contribution in [1.29, 1.82) is 0 Å². The highest BCUT2D eigenvalue weighted by atomic mass is 16.2. The van der Waals surface area contributed by atoms with Crippen molar-refractivity contribution in [1.82, 2.24) is 5.32 Å². The van der Waals surface area contributed by atoms with E-state index in [0.29, 0.717) is 11.5 Å². The number of anilines is 1. The standard InChI is InChI=1S/C21H17N3O/c22-18-13-7-8-15(14-18)19-23-20(25)21(24-19,16-9-3-1-4-10-16)17-11-5-2-6-12-17/h1-14H,22H2,(H,23,24,25). The van der Waals surface area contributed by atoms with E-state index >= 15 is 0 Å². The minimum absolute atomic E-state index is 0.165. The van der Waals surface area contributed by atoms with Gasteiger partial charge < -0.3 is 11.1 Å². The molecule has 4 nitrogen and oxygen atoms in total. The topological polar surface area (TPSA) is 67.5 Å². The summed E-state index contributed by atoms with van der Waals surface area (Å²) in [6, 6.07) is 26.6. The molecular weight excluding hydrogens is 310 g/mol. The molecule has 0 bridgehead atoms. The number of nitrogens with zero attached hydrogens (tertiary/aromatic N) is 1. The number of carbonyl (C=O) groups is 1. The van der Waals surface area contributed by atoms with Crippen LogP contribution in [0.3, 0.4) is 0 Å². The Morgan fingerprint density at radius 2 is 1.40 bits per heavy atom. The minimum atomic E-state index is -1.09. The van der Waals surface area contributed by atoms with Crippen molar-refractivity contribution < 1.29 is 4.79 Å². The van der Waals surface area contributed by atoms with E-state index in [1.54, 1.807) is 0 Å². The SMILES string of the molecule is Nc1cccc(C2=NC(c3ccccc3)(c3ccccc3)C(=O)N2)c1. The summed E-state index contributed by atoms with van der Waals surface area (Å²) in [7, 11) is 0. The molecule has 0 aliphatic carbocycles. The predicted molar refractivity (Wildman–Crippen MR) is 99.2 cm³/mol. The van der Waals surface area contributed by atoms with Crippen LogP contribution in [0.15, 0.2) is 89.9 Å². The van der Waals surface area contributed by atoms with Crippen molar-refractivity contribution in [3.05, 3.63) is 102 Å². The monoisotopic (exact) mass is 327 g/mol. The first kappa shape index (κ1) is 15.1. The van der Waals surface area contributed by atoms with Crippen molar-refractivity contribution in [2.45, 2.75) is 5.54 Å². The van der Waals surface area contributed by atoms with Gasteiger partial charge in [0.15, 0.2) is 5.54 Å². The third kappa shape index (κ3) is 2.48. The molecule has 4 heteroatoms. The van der Waals surface area contributed by atoms with Crippen molar-refractivity contribution in [3.63, 3.8) is 0 Å². The van der Waals surface area contributed by atoms with E-state index in [-0.39, 0.29) is 5.91 Å². The molecule has 0 spiro atoms. The average molecular weight is 327 g/mol. The highest BCUT2D eigenvalue weighted by Gasteiger charge is 2.46. The van der Waals surface area contributed by atoms with Crippen LogP contribution in [0.2, 0.25) is 0 Å². The van der Waals surface area contributed by atoms with E-state index in [9.17, 15) is 4.79 Å². The second-order valence-electron chi connectivity index (χ2n) is 5.98. The predicted octanol–water partition coefficient (Wildman–Crippen LogP) is 3.09. The van der Waals surface area contributed by atoms with E-state index in [4.69, 9.17) is 10.7 Å². The molecular formula is C21H17N3O. The molecule has 122 valence electrons. The van der Waals surface area contributed by atoms with E-state index in [1.807, 2.05) is 84.9 Å². The Labute approximate surface area is 146 Å². The van der Waals surface area contributed by atoms with Crippen molar-refractivity contribution in [3.8, 4) is 0 Å². The lowest BCUT2D eigenvalue weighted by Crippen LogP contribution is -2.38. The van der Waals surface area contributed by atoms with Crippen LogP contribution < -0.4 is 11.1 Å². The molecule has 0 fully saturated rings. The number of carbonyl (C=O) groups excluding carboxylic acids is 1. The largest absolute Gasteiger partial charge is 0.399 e. The number of nitrogens with one attached hydrogen (secondary N) is 1. The number of nitrogen functional groups attached to an aromatic ring is 1. The summed E-state index contributed by atoms with van der Waals surface area (Å²) in [4.78, 5) is 18.0. The lowest BCUT2D eigenvalue weighted by Gasteiger charge is -2.24. The highest BCUT2D eigenvalue weighted by molar-refractivity contribution is 6.17. The molecule has 3 aromatic rings. The smallest absolute Gasteiger partial charge is 0.262 e. The lowest BCUT2D eigenvalue weighted by molar-refractivity contribution is -0.122. The number of amidine groups is 1. The molecule has 1 heterocycles. The zero-order valence-corrected chi connectivity index (χ0v) is 13.5. The second kappa shape index (κ2) is 5.91. The van der Waals surface area contributed by atoms with Crippen LogP contribution in [0.25, 0.3) is 0 Å². The summed E-state index contributed by atoms with van der Waals surface area (Å²) >= 11 is 0. The van der Waals surface area contributed by atoms with Gasteiger partial charge in [0, 0.05) is 11.3 Å². The molecule has 25 heavy (non-hydrogen) atoms. The third-order valence-corrected chi connectivity index (χ3v) is 4.38. The van der Waals surface area contributed by atoms with Gasteiger partial charge in [-0.3, -0.25) is 4.79 Å². The van der Waals surface area contributed by atoms with Gasteiger partial charge in [-0.25, -0.2) is 4.99 Å².